The van der Waals surface area contributed by atoms with Gasteiger partial charge in [0.2, 0.25) is 0 Å². The second kappa shape index (κ2) is 2.72. The summed E-state index contributed by atoms with van der Waals surface area (Å²) in [5.41, 5.74) is 1.80. The maximum Gasteiger partial charge on any atom is 0.280 e. The SMILES string of the molecule is Cn1nc(S(=O)(=O)Cl)c2c1CCC2. The Kier molecular flexibility index (Phi) is 1.89. The summed E-state index contributed by atoms with van der Waals surface area (Å²) < 4.78 is 23.8. The van der Waals surface area contributed by atoms with Crippen LogP contribution in [-0.4, -0.2) is 18.2 Å². The van der Waals surface area contributed by atoms with Crippen LogP contribution in [0.1, 0.15) is 17.7 Å². The molecule has 0 aliphatic heterocycles. The van der Waals surface area contributed by atoms with Crippen molar-refractivity contribution < 1.29 is 8.42 Å². The molecule has 0 amide bonds. The van der Waals surface area contributed by atoms with Gasteiger partial charge >= 0.3 is 0 Å². The van der Waals surface area contributed by atoms with Crippen molar-refractivity contribution in [1.82, 2.24) is 9.78 Å². The maximum atomic E-state index is 11.1. The van der Waals surface area contributed by atoms with E-state index in [-0.39, 0.29) is 5.03 Å². The quantitative estimate of drug-likeness (QED) is 0.659. The molecule has 1 aliphatic rings. The average molecular weight is 221 g/mol. The second-order valence-corrected chi connectivity index (χ2v) is 5.63. The first-order chi connectivity index (χ1) is 6.00. The van der Waals surface area contributed by atoms with E-state index in [1.54, 1.807) is 11.7 Å². The van der Waals surface area contributed by atoms with Gasteiger partial charge in [-0.3, -0.25) is 4.68 Å². The largest absolute Gasteiger partial charge is 0.280 e. The smallest absolute Gasteiger partial charge is 0.271 e. The lowest BCUT2D eigenvalue weighted by Crippen LogP contribution is -1.99. The van der Waals surface area contributed by atoms with E-state index in [2.05, 4.69) is 5.10 Å². The number of aryl methyl sites for hydroxylation is 1. The second-order valence-electron chi connectivity index (χ2n) is 3.15. The predicted molar refractivity (Wildman–Crippen MR) is 48.3 cm³/mol. The molecule has 13 heavy (non-hydrogen) atoms. The summed E-state index contributed by atoms with van der Waals surface area (Å²) in [7, 11) is 3.33. The van der Waals surface area contributed by atoms with Gasteiger partial charge in [-0.15, -0.1) is 0 Å². The van der Waals surface area contributed by atoms with Gasteiger partial charge in [0.05, 0.1) is 0 Å². The maximum absolute atomic E-state index is 11.1. The van der Waals surface area contributed by atoms with Crippen LogP contribution in [0.25, 0.3) is 0 Å². The van der Waals surface area contributed by atoms with Gasteiger partial charge in [-0.25, -0.2) is 8.42 Å². The molecule has 0 N–H and O–H groups in total. The van der Waals surface area contributed by atoms with Crippen LogP contribution in [-0.2, 0) is 28.9 Å². The molecule has 2 rings (SSSR count). The lowest BCUT2D eigenvalue weighted by Gasteiger charge is -1.92. The number of hydrogen-bond donors (Lipinski definition) is 0. The van der Waals surface area contributed by atoms with E-state index in [9.17, 15) is 8.42 Å². The van der Waals surface area contributed by atoms with Crippen molar-refractivity contribution in [2.24, 2.45) is 7.05 Å². The number of aromatic nitrogens is 2. The highest BCUT2D eigenvalue weighted by atomic mass is 35.7. The summed E-state index contributed by atoms with van der Waals surface area (Å²) in [6.45, 7) is 0. The van der Waals surface area contributed by atoms with Crippen molar-refractivity contribution in [3.63, 3.8) is 0 Å². The minimum Gasteiger partial charge on any atom is -0.271 e. The van der Waals surface area contributed by atoms with E-state index >= 15 is 0 Å². The molecule has 1 aliphatic carbocycles. The lowest BCUT2D eigenvalue weighted by atomic mass is 10.3. The van der Waals surface area contributed by atoms with E-state index in [1.165, 1.54) is 0 Å². The molecule has 0 atom stereocenters. The van der Waals surface area contributed by atoms with Gasteiger partial charge in [-0.1, -0.05) is 0 Å². The molecule has 0 aromatic carbocycles. The van der Waals surface area contributed by atoms with Crippen molar-refractivity contribution in [2.75, 3.05) is 0 Å². The molecule has 0 bridgehead atoms. The van der Waals surface area contributed by atoms with Gasteiger partial charge in [0.25, 0.3) is 9.05 Å². The number of hydrogen-bond acceptors (Lipinski definition) is 3. The first kappa shape index (κ1) is 9.02. The zero-order chi connectivity index (χ0) is 9.64. The average Bonchev–Trinajstić information content (AvgIpc) is 2.51. The summed E-state index contributed by atoms with van der Waals surface area (Å²) in [5.74, 6) is 0. The molecule has 0 radical (unpaired) electrons. The fraction of sp³-hybridized carbons (Fsp3) is 0.571. The minimum atomic E-state index is -3.67. The van der Waals surface area contributed by atoms with Crippen LogP contribution in [0.2, 0.25) is 0 Å². The molecular formula is C7H9ClN2O2S. The Bertz CT molecular complexity index is 449. The van der Waals surface area contributed by atoms with Gasteiger partial charge in [0.15, 0.2) is 5.03 Å². The van der Waals surface area contributed by atoms with Crippen LogP contribution >= 0.6 is 10.7 Å². The Morgan fingerprint density at radius 1 is 1.46 bits per heavy atom. The fourth-order valence-corrected chi connectivity index (χ4v) is 2.87. The molecule has 0 unspecified atom stereocenters. The standard InChI is InChI=1S/C7H9ClN2O2S/c1-10-6-4-2-3-5(6)7(9-10)13(8,11)12/h2-4H2,1H3. The van der Waals surface area contributed by atoms with Crippen LogP contribution in [0, 0.1) is 0 Å². The number of rotatable bonds is 1. The third kappa shape index (κ3) is 1.36. The summed E-state index contributed by atoms with van der Waals surface area (Å²) >= 11 is 0. The van der Waals surface area contributed by atoms with E-state index in [1.807, 2.05) is 0 Å². The normalized spacial score (nSPS) is 16.2. The van der Waals surface area contributed by atoms with E-state index < -0.39 is 9.05 Å². The Morgan fingerprint density at radius 3 is 2.77 bits per heavy atom. The molecule has 1 aromatic rings. The molecule has 1 heterocycles. The molecule has 0 saturated carbocycles. The van der Waals surface area contributed by atoms with E-state index in [4.69, 9.17) is 10.7 Å². The first-order valence-electron chi connectivity index (χ1n) is 3.99. The van der Waals surface area contributed by atoms with Gasteiger partial charge in [-0.2, -0.15) is 5.10 Å². The summed E-state index contributed by atoms with van der Waals surface area (Å²) in [5, 5.41) is 3.95. The topological polar surface area (TPSA) is 52.0 Å². The third-order valence-electron chi connectivity index (χ3n) is 2.31. The van der Waals surface area contributed by atoms with Crippen molar-refractivity contribution in [1.29, 1.82) is 0 Å². The van der Waals surface area contributed by atoms with Crippen LogP contribution in [0.15, 0.2) is 5.03 Å². The summed E-state index contributed by atoms with van der Waals surface area (Å²) in [4.78, 5) is 0. The molecule has 1 aromatic heterocycles. The van der Waals surface area contributed by atoms with Crippen molar-refractivity contribution >= 4 is 19.7 Å². The predicted octanol–water partition coefficient (Wildman–Crippen LogP) is 0.836. The monoisotopic (exact) mass is 220 g/mol. The Balaban J connectivity index is 2.68. The Morgan fingerprint density at radius 2 is 2.15 bits per heavy atom. The number of halogens is 1. The zero-order valence-electron chi connectivity index (χ0n) is 7.12. The first-order valence-corrected chi connectivity index (χ1v) is 6.30. The van der Waals surface area contributed by atoms with Gasteiger partial charge in [0.1, 0.15) is 0 Å². The minimum absolute atomic E-state index is 0.0455. The molecule has 6 heteroatoms. The van der Waals surface area contributed by atoms with Crippen LogP contribution < -0.4 is 0 Å². The molecule has 0 saturated heterocycles. The Hall–Kier alpha value is -0.550. The highest BCUT2D eigenvalue weighted by Gasteiger charge is 2.27. The van der Waals surface area contributed by atoms with E-state index in [0.717, 1.165) is 30.5 Å². The molecule has 4 nitrogen and oxygen atoms in total. The molecule has 72 valence electrons. The van der Waals surface area contributed by atoms with Crippen LogP contribution in [0.4, 0.5) is 0 Å². The molecular weight excluding hydrogens is 212 g/mol. The highest BCUT2D eigenvalue weighted by Crippen LogP contribution is 2.29. The van der Waals surface area contributed by atoms with Crippen molar-refractivity contribution in [2.45, 2.75) is 24.3 Å². The van der Waals surface area contributed by atoms with E-state index in [0.29, 0.717) is 0 Å². The Labute approximate surface area is 80.9 Å². The zero-order valence-corrected chi connectivity index (χ0v) is 8.69. The van der Waals surface area contributed by atoms with Crippen LogP contribution in [0.5, 0.6) is 0 Å². The number of nitrogens with zero attached hydrogens (tertiary/aromatic N) is 2. The van der Waals surface area contributed by atoms with Crippen LogP contribution in [0.3, 0.4) is 0 Å². The fourth-order valence-electron chi connectivity index (χ4n) is 1.77. The number of fused-ring (bicyclic) bond motifs is 1. The lowest BCUT2D eigenvalue weighted by molar-refractivity contribution is 0.597. The van der Waals surface area contributed by atoms with Crippen molar-refractivity contribution in [3.8, 4) is 0 Å². The summed E-state index contributed by atoms with van der Waals surface area (Å²) in [6, 6.07) is 0. The van der Waals surface area contributed by atoms with Crippen molar-refractivity contribution in [3.05, 3.63) is 11.3 Å². The summed E-state index contributed by atoms with van der Waals surface area (Å²) in [6.07, 6.45) is 2.65. The molecule has 0 spiro atoms. The highest BCUT2D eigenvalue weighted by molar-refractivity contribution is 8.13. The third-order valence-corrected chi connectivity index (χ3v) is 3.54. The van der Waals surface area contributed by atoms with Gasteiger partial charge in [-0.05, 0) is 19.3 Å². The van der Waals surface area contributed by atoms with Gasteiger partial charge < -0.3 is 0 Å². The molecule has 0 fully saturated rings. The van der Waals surface area contributed by atoms with Gasteiger partial charge in [0, 0.05) is 29.0 Å².